The summed E-state index contributed by atoms with van der Waals surface area (Å²) in [4.78, 5) is 10.8. The summed E-state index contributed by atoms with van der Waals surface area (Å²) in [6.45, 7) is 1.44. The summed E-state index contributed by atoms with van der Waals surface area (Å²) < 4.78 is 53.9. The summed E-state index contributed by atoms with van der Waals surface area (Å²) in [5.41, 5.74) is 0.480. The Bertz CT molecular complexity index is 1100. The molecule has 0 fully saturated rings. The van der Waals surface area contributed by atoms with Gasteiger partial charge in [0.2, 0.25) is 0 Å². The lowest BCUT2D eigenvalue weighted by atomic mass is 10.1. The van der Waals surface area contributed by atoms with Gasteiger partial charge < -0.3 is 5.11 Å². The largest absolute Gasteiger partial charge is 0.481 e. The van der Waals surface area contributed by atoms with Gasteiger partial charge in [-0.25, -0.2) is 21.2 Å². The lowest BCUT2D eigenvalue weighted by Gasteiger charge is -2.10. The molecule has 2 aromatic carbocycles. The standard InChI is InChI=1S/C17H13F2NO4S/c1-10-14(9-17(21)22)15-8-12(19)5-6-16(15)20(10)25(23,24)13-4-2-3-11(18)7-13/h2-8H,9H2,1H3,(H,21,22). The van der Waals surface area contributed by atoms with Gasteiger partial charge in [0.05, 0.1) is 16.8 Å². The summed E-state index contributed by atoms with van der Waals surface area (Å²) in [6, 6.07) is 7.94. The monoisotopic (exact) mass is 365 g/mol. The van der Waals surface area contributed by atoms with Crippen molar-refractivity contribution in [1.29, 1.82) is 0 Å². The van der Waals surface area contributed by atoms with Gasteiger partial charge in [-0.2, -0.15) is 0 Å². The molecule has 8 heteroatoms. The van der Waals surface area contributed by atoms with E-state index in [0.29, 0.717) is 0 Å². The SMILES string of the molecule is Cc1c(CC(=O)O)c2cc(F)ccc2n1S(=O)(=O)c1cccc(F)c1. The molecule has 0 spiro atoms. The fourth-order valence-electron chi connectivity index (χ4n) is 2.84. The van der Waals surface area contributed by atoms with Gasteiger partial charge in [0.25, 0.3) is 10.0 Å². The van der Waals surface area contributed by atoms with Crippen molar-refractivity contribution in [3.8, 4) is 0 Å². The van der Waals surface area contributed by atoms with Crippen molar-refractivity contribution in [3.63, 3.8) is 0 Å². The molecule has 0 aliphatic rings. The van der Waals surface area contributed by atoms with E-state index >= 15 is 0 Å². The highest BCUT2D eigenvalue weighted by Gasteiger charge is 2.26. The fraction of sp³-hybridized carbons (Fsp3) is 0.118. The molecule has 0 saturated carbocycles. The minimum absolute atomic E-state index is 0.138. The predicted molar refractivity (Wildman–Crippen MR) is 87.0 cm³/mol. The molecule has 130 valence electrons. The minimum Gasteiger partial charge on any atom is -0.481 e. The molecule has 0 amide bonds. The number of carbonyl (C=O) groups is 1. The Morgan fingerprint density at radius 2 is 1.80 bits per heavy atom. The topological polar surface area (TPSA) is 76.4 Å². The summed E-state index contributed by atoms with van der Waals surface area (Å²) in [6.07, 6.45) is -0.461. The first-order valence-electron chi connectivity index (χ1n) is 7.24. The minimum atomic E-state index is -4.19. The smallest absolute Gasteiger partial charge is 0.307 e. The molecule has 5 nitrogen and oxygen atoms in total. The molecule has 0 bridgehead atoms. The van der Waals surface area contributed by atoms with Crippen molar-refractivity contribution in [2.45, 2.75) is 18.2 Å². The van der Waals surface area contributed by atoms with Crippen LogP contribution in [-0.4, -0.2) is 23.5 Å². The fourth-order valence-corrected chi connectivity index (χ4v) is 4.45. The molecule has 3 rings (SSSR count). The second-order valence-corrected chi connectivity index (χ2v) is 7.31. The Hall–Kier alpha value is -2.74. The van der Waals surface area contributed by atoms with Crippen LogP contribution in [0, 0.1) is 18.6 Å². The van der Waals surface area contributed by atoms with Gasteiger partial charge >= 0.3 is 5.97 Å². The first kappa shape index (κ1) is 17.1. The van der Waals surface area contributed by atoms with Gasteiger partial charge in [0.15, 0.2) is 0 Å². The van der Waals surface area contributed by atoms with E-state index in [9.17, 15) is 22.0 Å². The first-order chi connectivity index (χ1) is 11.7. The second kappa shape index (κ2) is 5.96. The van der Waals surface area contributed by atoms with E-state index in [1.807, 2.05) is 0 Å². The van der Waals surface area contributed by atoms with Crippen molar-refractivity contribution in [2.75, 3.05) is 0 Å². The molecule has 0 saturated heterocycles. The van der Waals surface area contributed by atoms with Crippen LogP contribution in [0.5, 0.6) is 0 Å². The molecule has 1 heterocycles. The molecule has 0 atom stereocenters. The average molecular weight is 365 g/mol. The number of hydrogen-bond acceptors (Lipinski definition) is 3. The van der Waals surface area contributed by atoms with Gasteiger partial charge in [0.1, 0.15) is 11.6 Å². The molecule has 3 aromatic rings. The predicted octanol–water partition coefficient (Wildman–Crippen LogP) is 3.09. The maximum Gasteiger partial charge on any atom is 0.307 e. The Balaban J connectivity index is 2.36. The molecular formula is C17H13F2NO4S. The Labute approximate surface area is 142 Å². The van der Waals surface area contributed by atoms with Crippen molar-refractivity contribution < 1.29 is 27.1 Å². The number of fused-ring (bicyclic) bond motifs is 1. The molecule has 0 aliphatic carbocycles. The Morgan fingerprint density at radius 3 is 2.44 bits per heavy atom. The quantitative estimate of drug-likeness (QED) is 0.771. The molecule has 1 aromatic heterocycles. The number of aliphatic carboxylic acids is 1. The van der Waals surface area contributed by atoms with Gasteiger partial charge in [-0.15, -0.1) is 0 Å². The van der Waals surface area contributed by atoms with E-state index in [4.69, 9.17) is 5.11 Å². The van der Waals surface area contributed by atoms with Crippen LogP contribution in [0.4, 0.5) is 8.78 Å². The number of aromatic nitrogens is 1. The van der Waals surface area contributed by atoms with Crippen molar-refractivity contribution in [2.24, 2.45) is 0 Å². The number of halogens is 2. The van der Waals surface area contributed by atoms with Crippen LogP contribution in [0.1, 0.15) is 11.3 Å². The van der Waals surface area contributed by atoms with Gasteiger partial charge in [-0.05, 0) is 48.9 Å². The molecule has 1 N–H and O–H groups in total. The third kappa shape index (κ3) is 2.89. The van der Waals surface area contributed by atoms with E-state index in [0.717, 1.165) is 28.2 Å². The zero-order valence-electron chi connectivity index (χ0n) is 13.0. The average Bonchev–Trinajstić information content (AvgIpc) is 2.79. The van der Waals surface area contributed by atoms with Crippen LogP contribution in [0.3, 0.4) is 0 Å². The van der Waals surface area contributed by atoms with E-state index < -0.39 is 34.0 Å². The molecular weight excluding hydrogens is 352 g/mol. The van der Waals surface area contributed by atoms with Crippen LogP contribution in [-0.2, 0) is 21.2 Å². The van der Waals surface area contributed by atoms with Gasteiger partial charge in [-0.3, -0.25) is 4.79 Å². The maximum absolute atomic E-state index is 13.6. The van der Waals surface area contributed by atoms with Crippen LogP contribution in [0.25, 0.3) is 10.9 Å². The maximum atomic E-state index is 13.6. The Morgan fingerprint density at radius 1 is 1.12 bits per heavy atom. The highest BCUT2D eigenvalue weighted by Crippen LogP contribution is 2.31. The van der Waals surface area contributed by atoms with E-state index in [1.54, 1.807) is 0 Å². The highest BCUT2D eigenvalue weighted by atomic mass is 32.2. The molecule has 0 aliphatic heterocycles. The van der Waals surface area contributed by atoms with E-state index in [2.05, 4.69) is 0 Å². The number of benzene rings is 2. The molecule has 25 heavy (non-hydrogen) atoms. The van der Waals surface area contributed by atoms with Gasteiger partial charge in [-0.1, -0.05) is 6.07 Å². The highest BCUT2D eigenvalue weighted by molar-refractivity contribution is 7.90. The zero-order valence-corrected chi connectivity index (χ0v) is 13.8. The number of hydrogen-bond donors (Lipinski definition) is 1. The molecule has 0 radical (unpaired) electrons. The summed E-state index contributed by atoms with van der Waals surface area (Å²) in [7, 11) is -4.19. The van der Waals surface area contributed by atoms with Crippen LogP contribution in [0.15, 0.2) is 47.4 Å². The van der Waals surface area contributed by atoms with Crippen molar-refractivity contribution in [1.82, 2.24) is 3.97 Å². The number of rotatable bonds is 4. The lowest BCUT2D eigenvalue weighted by Crippen LogP contribution is -2.15. The molecule has 0 unspecified atom stereocenters. The van der Waals surface area contributed by atoms with Gasteiger partial charge in [0, 0.05) is 11.1 Å². The zero-order chi connectivity index (χ0) is 18.4. The number of carboxylic acids is 1. The third-order valence-electron chi connectivity index (χ3n) is 3.91. The van der Waals surface area contributed by atoms with E-state index in [-0.39, 0.29) is 27.1 Å². The van der Waals surface area contributed by atoms with Crippen molar-refractivity contribution >= 4 is 26.9 Å². The summed E-state index contributed by atoms with van der Waals surface area (Å²) in [5, 5.41) is 9.28. The number of nitrogens with zero attached hydrogens (tertiary/aromatic N) is 1. The normalized spacial score (nSPS) is 11.8. The number of carboxylic acid groups (broad SMARTS) is 1. The Kier molecular flexibility index (Phi) is 4.08. The second-order valence-electron chi connectivity index (χ2n) is 5.52. The van der Waals surface area contributed by atoms with Crippen LogP contribution < -0.4 is 0 Å². The summed E-state index contributed by atoms with van der Waals surface area (Å²) >= 11 is 0. The van der Waals surface area contributed by atoms with E-state index in [1.165, 1.54) is 25.1 Å². The van der Waals surface area contributed by atoms with Crippen molar-refractivity contribution in [3.05, 3.63) is 65.4 Å². The van der Waals surface area contributed by atoms with Crippen LogP contribution in [0.2, 0.25) is 0 Å². The third-order valence-corrected chi connectivity index (χ3v) is 5.71. The summed E-state index contributed by atoms with van der Waals surface area (Å²) in [5.74, 6) is -2.50. The first-order valence-corrected chi connectivity index (χ1v) is 8.68. The lowest BCUT2D eigenvalue weighted by molar-refractivity contribution is -0.136. The van der Waals surface area contributed by atoms with Crippen LogP contribution >= 0.6 is 0 Å².